The minimum Gasteiger partial charge on any atom is -0.349 e. The first-order valence-electron chi connectivity index (χ1n) is 6.48. The molecule has 1 amide bonds. The molecule has 1 atom stereocenters. The summed E-state index contributed by atoms with van der Waals surface area (Å²) in [4.78, 5) is 11.7. The van der Waals surface area contributed by atoms with Crippen molar-refractivity contribution < 1.29 is 4.79 Å². The van der Waals surface area contributed by atoms with Gasteiger partial charge in [0.15, 0.2) is 0 Å². The van der Waals surface area contributed by atoms with E-state index in [1.165, 1.54) is 10.8 Å². The lowest BCUT2D eigenvalue weighted by Crippen LogP contribution is -2.26. The molecule has 2 aromatic rings. The number of carbonyl (C=O) groups is 1. The van der Waals surface area contributed by atoms with Crippen molar-refractivity contribution in [3.63, 3.8) is 0 Å². The molecule has 2 nitrogen and oxygen atoms in total. The molecule has 1 N–H and O–H groups in total. The van der Waals surface area contributed by atoms with Crippen LogP contribution in [-0.2, 0) is 4.79 Å². The second-order valence-corrected chi connectivity index (χ2v) is 5.03. The predicted octanol–water partition coefficient (Wildman–Crippen LogP) is 3.98. The van der Waals surface area contributed by atoms with Gasteiger partial charge in [-0.05, 0) is 36.2 Å². The molecular formula is C17H19NO. The first kappa shape index (κ1) is 13.3. The number of rotatable bonds is 4. The monoisotopic (exact) mass is 253 g/mol. The van der Waals surface area contributed by atoms with E-state index in [4.69, 9.17) is 0 Å². The van der Waals surface area contributed by atoms with Crippen LogP contribution in [0.5, 0.6) is 0 Å². The highest BCUT2D eigenvalue weighted by Crippen LogP contribution is 2.20. The summed E-state index contributed by atoms with van der Waals surface area (Å²) in [5, 5.41) is 5.40. The third-order valence-electron chi connectivity index (χ3n) is 3.11. The Kier molecular flexibility index (Phi) is 4.00. The van der Waals surface area contributed by atoms with Crippen LogP contribution in [0.25, 0.3) is 10.8 Å². The molecule has 0 radical (unpaired) electrons. The molecular weight excluding hydrogens is 234 g/mol. The fraction of sp³-hybridized carbons (Fsp3) is 0.235. The molecule has 0 aliphatic carbocycles. The average molecular weight is 253 g/mol. The summed E-state index contributed by atoms with van der Waals surface area (Å²) in [5.41, 5.74) is 2.00. The summed E-state index contributed by atoms with van der Waals surface area (Å²) >= 11 is 0. The Morgan fingerprint density at radius 1 is 1.21 bits per heavy atom. The normalized spacial score (nSPS) is 12.1. The van der Waals surface area contributed by atoms with Crippen LogP contribution < -0.4 is 5.32 Å². The van der Waals surface area contributed by atoms with E-state index in [9.17, 15) is 4.79 Å². The molecule has 0 bridgehead atoms. The number of hydrogen-bond acceptors (Lipinski definition) is 1. The minimum atomic E-state index is 0.0106. The van der Waals surface area contributed by atoms with Gasteiger partial charge in [0.2, 0.25) is 5.91 Å². The number of fused-ring (bicyclic) bond motifs is 1. The predicted molar refractivity (Wildman–Crippen MR) is 79.9 cm³/mol. The van der Waals surface area contributed by atoms with E-state index in [1.807, 2.05) is 26.0 Å². The molecule has 2 aromatic carbocycles. The average Bonchev–Trinajstić information content (AvgIpc) is 2.37. The van der Waals surface area contributed by atoms with Gasteiger partial charge in [0.1, 0.15) is 0 Å². The summed E-state index contributed by atoms with van der Waals surface area (Å²) < 4.78 is 0. The SMILES string of the molecule is C=C(C)CC(=O)NC(C)c1ccc2ccccc2c1. The highest BCUT2D eigenvalue weighted by atomic mass is 16.1. The Balaban J connectivity index is 2.15. The lowest BCUT2D eigenvalue weighted by atomic mass is 10.0. The molecule has 0 aromatic heterocycles. The lowest BCUT2D eigenvalue weighted by molar-refractivity contribution is -0.121. The van der Waals surface area contributed by atoms with Gasteiger partial charge < -0.3 is 5.32 Å². The Bertz CT molecular complexity index is 615. The molecule has 2 rings (SSSR count). The number of hydrogen-bond donors (Lipinski definition) is 1. The smallest absolute Gasteiger partial charge is 0.224 e. The van der Waals surface area contributed by atoms with Crippen LogP contribution in [0.3, 0.4) is 0 Å². The maximum absolute atomic E-state index is 11.7. The van der Waals surface area contributed by atoms with Gasteiger partial charge in [0, 0.05) is 6.42 Å². The van der Waals surface area contributed by atoms with Crippen molar-refractivity contribution in [2.24, 2.45) is 0 Å². The van der Waals surface area contributed by atoms with Gasteiger partial charge in [-0.3, -0.25) is 4.79 Å². The van der Waals surface area contributed by atoms with E-state index in [0.717, 1.165) is 11.1 Å². The Labute approximate surface area is 114 Å². The highest BCUT2D eigenvalue weighted by Gasteiger charge is 2.09. The Morgan fingerprint density at radius 3 is 2.58 bits per heavy atom. The van der Waals surface area contributed by atoms with Crippen molar-refractivity contribution in [1.29, 1.82) is 0 Å². The zero-order chi connectivity index (χ0) is 13.8. The molecule has 19 heavy (non-hydrogen) atoms. The maximum Gasteiger partial charge on any atom is 0.224 e. The number of nitrogens with one attached hydrogen (secondary N) is 1. The number of carbonyl (C=O) groups excluding carboxylic acids is 1. The molecule has 0 spiro atoms. The van der Waals surface area contributed by atoms with Gasteiger partial charge >= 0.3 is 0 Å². The second-order valence-electron chi connectivity index (χ2n) is 5.03. The molecule has 0 fully saturated rings. The van der Waals surface area contributed by atoms with Crippen LogP contribution in [0.2, 0.25) is 0 Å². The van der Waals surface area contributed by atoms with E-state index < -0.39 is 0 Å². The lowest BCUT2D eigenvalue weighted by Gasteiger charge is -2.15. The fourth-order valence-electron chi connectivity index (χ4n) is 2.13. The molecule has 0 saturated heterocycles. The van der Waals surface area contributed by atoms with Crippen molar-refractivity contribution in [3.05, 3.63) is 60.2 Å². The first-order chi connectivity index (χ1) is 9.06. The van der Waals surface area contributed by atoms with E-state index in [0.29, 0.717) is 6.42 Å². The van der Waals surface area contributed by atoms with E-state index in [-0.39, 0.29) is 11.9 Å². The zero-order valence-electron chi connectivity index (χ0n) is 11.4. The fourth-order valence-corrected chi connectivity index (χ4v) is 2.13. The van der Waals surface area contributed by atoms with Crippen LogP contribution in [0.1, 0.15) is 31.9 Å². The standard InChI is InChI=1S/C17H19NO/c1-12(2)10-17(19)18-13(3)15-9-8-14-6-4-5-7-16(14)11-15/h4-9,11,13H,1,10H2,2-3H3,(H,18,19). The van der Waals surface area contributed by atoms with E-state index in [2.05, 4.69) is 42.2 Å². The Morgan fingerprint density at radius 2 is 1.89 bits per heavy atom. The molecule has 0 saturated carbocycles. The third kappa shape index (κ3) is 3.44. The van der Waals surface area contributed by atoms with Gasteiger partial charge in [-0.1, -0.05) is 48.6 Å². The second kappa shape index (κ2) is 5.70. The van der Waals surface area contributed by atoms with Gasteiger partial charge in [-0.25, -0.2) is 0 Å². The van der Waals surface area contributed by atoms with Crippen LogP contribution in [0.4, 0.5) is 0 Å². The van der Waals surface area contributed by atoms with Crippen LogP contribution in [-0.4, -0.2) is 5.91 Å². The van der Waals surface area contributed by atoms with Gasteiger partial charge in [-0.2, -0.15) is 0 Å². The van der Waals surface area contributed by atoms with Crippen molar-refractivity contribution in [2.45, 2.75) is 26.3 Å². The van der Waals surface area contributed by atoms with Crippen molar-refractivity contribution in [2.75, 3.05) is 0 Å². The molecule has 0 heterocycles. The van der Waals surface area contributed by atoms with Crippen molar-refractivity contribution in [3.8, 4) is 0 Å². The third-order valence-corrected chi connectivity index (χ3v) is 3.11. The van der Waals surface area contributed by atoms with E-state index in [1.54, 1.807) is 0 Å². The summed E-state index contributed by atoms with van der Waals surface area (Å²) in [5.74, 6) is 0.0214. The summed E-state index contributed by atoms with van der Waals surface area (Å²) in [6.45, 7) is 7.62. The van der Waals surface area contributed by atoms with Crippen LogP contribution in [0, 0.1) is 0 Å². The maximum atomic E-state index is 11.7. The molecule has 0 aliphatic rings. The van der Waals surface area contributed by atoms with Gasteiger partial charge in [-0.15, -0.1) is 0 Å². The number of benzene rings is 2. The summed E-state index contributed by atoms with van der Waals surface area (Å²) in [7, 11) is 0. The Hall–Kier alpha value is -2.09. The topological polar surface area (TPSA) is 29.1 Å². The first-order valence-corrected chi connectivity index (χ1v) is 6.48. The quantitative estimate of drug-likeness (QED) is 0.820. The van der Waals surface area contributed by atoms with Gasteiger partial charge in [0.05, 0.1) is 6.04 Å². The molecule has 2 heteroatoms. The summed E-state index contributed by atoms with van der Waals surface area (Å²) in [6.07, 6.45) is 0.387. The summed E-state index contributed by atoms with van der Waals surface area (Å²) in [6, 6.07) is 14.5. The van der Waals surface area contributed by atoms with Crippen LogP contribution >= 0.6 is 0 Å². The van der Waals surface area contributed by atoms with Crippen molar-refractivity contribution in [1.82, 2.24) is 5.32 Å². The zero-order valence-corrected chi connectivity index (χ0v) is 11.4. The van der Waals surface area contributed by atoms with Crippen LogP contribution in [0.15, 0.2) is 54.6 Å². The molecule has 0 aliphatic heterocycles. The number of amides is 1. The molecule has 1 unspecified atom stereocenters. The minimum absolute atomic E-state index is 0.0106. The van der Waals surface area contributed by atoms with E-state index >= 15 is 0 Å². The van der Waals surface area contributed by atoms with Gasteiger partial charge in [0.25, 0.3) is 0 Å². The van der Waals surface area contributed by atoms with Crippen molar-refractivity contribution >= 4 is 16.7 Å². The largest absolute Gasteiger partial charge is 0.349 e. The highest BCUT2D eigenvalue weighted by molar-refractivity contribution is 5.83. The molecule has 98 valence electrons.